The molecule has 1 unspecified atom stereocenters. The number of ether oxygens (including phenoxy) is 1. The number of carbonyl (C=O) groups is 1. The van der Waals surface area contributed by atoms with Crippen molar-refractivity contribution >= 4 is 17.3 Å². The molecule has 1 atom stereocenters. The lowest BCUT2D eigenvalue weighted by atomic mass is 9.69. The summed E-state index contributed by atoms with van der Waals surface area (Å²) in [7, 11) is 1.72. The van der Waals surface area contributed by atoms with Crippen molar-refractivity contribution in [2.24, 2.45) is 11.3 Å². The first-order valence-corrected chi connectivity index (χ1v) is 12.7. The number of hydrogen-bond acceptors (Lipinski definition) is 6. The minimum atomic E-state index is -1.12. The molecule has 0 fully saturated rings. The largest absolute Gasteiger partial charge is 0.492 e. The van der Waals surface area contributed by atoms with Crippen molar-refractivity contribution in [3.05, 3.63) is 87.7 Å². The molecule has 38 heavy (non-hydrogen) atoms. The number of benzene rings is 3. The van der Waals surface area contributed by atoms with E-state index >= 15 is 0 Å². The van der Waals surface area contributed by atoms with Gasteiger partial charge in [-0.2, -0.15) is 0 Å². The fourth-order valence-corrected chi connectivity index (χ4v) is 5.29. The summed E-state index contributed by atoms with van der Waals surface area (Å²) >= 11 is 0. The highest BCUT2D eigenvalue weighted by Crippen LogP contribution is 2.45. The summed E-state index contributed by atoms with van der Waals surface area (Å²) in [6.07, 6.45) is 0. The molecule has 4 rings (SSSR count). The molecular formula is C30H37FN4O3. The Hall–Kier alpha value is -3.62. The third-order valence-electron chi connectivity index (χ3n) is 7.68. The standard InChI is InChI=1S/C30H37FN4O3/c1-18-6-7-20(14-21(18)16-35-12-13-38-26-11-8-23(31)15-22(26)17-35)27(30(3,4)29(36)37)24-9-10-25(34(5)33)28(32)19(24)2/h6-11,14-15,27H,12-13,16-17,32-33H2,1-5H3,(H,36,37). The van der Waals surface area contributed by atoms with Crippen LogP contribution in [0.4, 0.5) is 15.8 Å². The van der Waals surface area contributed by atoms with Crippen LogP contribution in [0.25, 0.3) is 0 Å². The number of nitrogen functional groups attached to an aromatic ring is 1. The maximum atomic E-state index is 13.9. The van der Waals surface area contributed by atoms with Gasteiger partial charge in [-0.3, -0.25) is 9.69 Å². The number of anilines is 2. The molecule has 1 heterocycles. The van der Waals surface area contributed by atoms with E-state index in [0.717, 1.165) is 33.4 Å². The quantitative estimate of drug-likeness (QED) is 0.229. The second kappa shape index (κ2) is 10.6. The van der Waals surface area contributed by atoms with Gasteiger partial charge in [0.15, 0.2) is 0 Å². The Labute approximate surface area is 223 Å². The summed E-state index contributed by atoms with van der Waals surface area (Å²) < 4.78 is 19.8. The molecule has 8 heteroatoms. The van der Waals surface area contributed by atoms with Gasteiger partial charge < -0.3 is 20.6 Å². The summed E-state index contributed by atoms with van der Waals surface area (Å²) in [5, 5.41) is 11.7. The van der Waals surface area contributed by atoms with Gasteiger partial charge >= 0.3 is 5.97 Å². The average molecular weight is 521 g/mol. The lowest BCUT2D eigenvalue weighted by molar-refractivity contribution is -0.147. The lowest BCUT2D eigenvalue weighted by Crippen LogP contribution is -2.33. The van der Waals surface area contributed by atoms with Gasteiger partial charge in [0.05, 0.1) is 16.8 Å². The first-order chi connectivity index (χ1) is 17.9. The number of carboxylic acids is 1. The molecule has 0 bridgehead atoms. The average Bonchev–Trinajstić information content (AvgIpc) is 3.04. The molecule has 3 aromatic carbocycles. The van der Waals surface area contributed by atoms with Crippen molar-refractivity contribution in [1.29, 1.82) is 0 Å². The zero-order chi connectivity index (χ0) is 27.8. The zero-order valence-corrected chi connectivity index (χ0v) is 22.7. The van der Waals surface area contributed by atoms with Crippen LogP contribution in [0.2, 0.25) is 0 Å². The highest BCUT2D eigenvalue weighted by molar-refractivity contribution is 5.78. The van der Waals surface area contributed by atoms with Gasteiger partial charge in [-0.1, -0.05) is 24.3 Å². The molecule has 0 aromatic heterocycles. The zero-order valence-electron chi connectivity index (χ0n) is 22.7. The minimum absolute atomic E-state index is 0.285. The van der Waals surface area contributed by atoms with Crippen molar-refractivity contribution < 1.29 is 19.0 Å². The Morgan fingerprint density at radius 3 is 2.61 bits per heavy atom. The Kier molecular flexibility index (Phi) is 7.67. The van der Waals surface area contributed by atoms with Gasteiger partial charge in [0.1, 0.15) is 18.2 Å². The Morgan fingerprint density at radius 2 is 1.92 bits per heavy atom. The van der Waals surface area contributed by atoms with E-state index in [0.29, 0.717) is 43.4 Å². The number of hydrogen-bond donors (Lipinski definition) is 3. The van der Waals surface area contributed by atoms with Gasteiger partial charge in [-0.15, -0.1) is 0 Å². The number of fused-ring (bicyclic) bond motifs is 1. The van der Waals surface area contributed by atoms with Crippen molar-refractivity contribution in [2.75, 3.05) is 30.9 Å². The topological polar surface area (TPSA) is 105 Å². The number of rotatable bonds is 7. The van der Waals surface area contributed by atoms with E-state index in [2.05, 4.69) is 11.0 Å². The van der Waals surface area contributed by atoms with Crippen LogP contribution in [0.1, 0.15) is 53.1 Å². The van der Waals surface area contributed by atoms with Crippen LogP contribution in [0, 0.1) is 25.1 Å². The molecule has 0 radical (unpaired) electrons. The highest BCUT2D eigenvalue weighted by atomic mass is 19.1. The fourth-order valence-electron chi connectivity index (χ4n) is 5.29. The number of halogens is 1. The molecule has 0 amide bonds. The number of carboxylic acid groups (broad SMARTS) is 1. The van der Waals surface area contributed by atoms with Crippen LogP contribution < -0.4 is 21.3 Å². The van der Waals surface area contributed by atoms with Gasteiger partial charge in [0.2, 0.25) is 0 Å². The molecule has 1 aliphatic rings. The lowest BCUT2D eigenvalue weighted by Gasteiger charge is -2.34. The Morgan fingerprint density at radius 1 is 1.18 bits per heavy atom. The van der Waals surface area contributed by atoms with Gasteiger partial charge in [-0.05, 0) is 79.8 Å². The number of hydrazine groups is 1. The van der Waals surface area contributed by atoms with Crippen molar-refractivity contribution in [3.63, 3.8) is 0 Å². The summed E-state index contributed by atoms with van der Waals surface area (Å²) in [5.74, 6) is 5.03. The molecule has 0 saturated carbocycles. The van der Waals surface area contributed by atoms with E-state index in [4.69, 9.17) is 16.3 Å². The first kappa shape index (κ1) is 27.4. The third kappa shape index (κ3) is 5.33. The molecule has 0 spiro atoms. The van der Waals surface area contributed by atoms with Crippen LogP contribution in [0.15, 0.2) is 48.5 Å². The molecule has 0 aliphatic carbocycles. The van der Waals surface area contributed by atoms with E-state index in [1.165, 1.54) is 17.1 Å². The van der Waals surface area contributed by atoms with E-state index < -0.39 is 17.3 Å². The second-order valence-corrected chi connectivity index (χ2v) is 10.8. The normalized spacial score (nSPS) is 14.8. The smallest absolute Gasteiger partial charge is 0.310 e. The maximum Gasteiger partial charge on any atom is 0.310 e. The molecule has 0 saturated heterocycles. The maximum absolute atomic E-state index is 13.9. The van der Waals surface area contributed by atoms with Gasteiger partial charge in [0, 0.05) is 38.2 Å². The minimum Gasteiger partial charge on any atom is -0.492 e. The van der Waals surface area contributed by atoms with E-state index in [1.54, 1.807) is 27.0 Å². The van der Waals surface area contributed by atoms with E-state index in [-0.39, 0.29) is 5.82 Å². The molecule has 3 aromatic rings. The fraction of sp³-hybridized carbons (Fsp3) is 0.367. The molecule has 202 valence electrons. The summed E-state index contributed by atoms with van der Waals surface area (Å²) in [6.45, 7) is 9.83. The monoisotopic (exact) mass is 520 g/mol. The van der Waals surface area contributed by atoms with Crippen LogP contribution in [0.5, 0.6) is 5.75 Å². The van der Waals surface area contributed by atoms with Crippen molar-refractivity contribution in [1.82, 2.24) is 4.90 Å². The number of nitrogens with two attached hydrogens (primary N) is 2. The second-order valence-electron chi connectivity index (χ2n) is 10.8. The van der Waals surface area contributed by atoms with Crippen LogP contribution >= 0.6 is 0 Å². The van der Waals surface area contributed by atoms with Crippen molar-refractivity contribution in [3.8, 4) is 5.75 Å². The van der Waals surface area contributed by atoms with Gasteiger partial charge in [-0.25, -0.2) is 10.2 Å². The van der Waals surface area contributed by atoms with Crippen molar-refractivity contribution in [2.45, 2.75) is 46.7 Å². The predicted molar refractivity (Wildman–Crippen MR) is 149 cm³/mol. The first-order valence-electron chi connectivity index (χ1n) is 12.7. The summed E-state index contributed by atoms with van der Waals surface area (Å²) in [6, 6.07) is 14.5. The summed E-state index contributed by atoms with van der Waals surface area (Å²) in [5.41, 5.74) is 12.1. The van der Waals surface area contributed by atoms with Crippen LogP contribution in [-0.4, -0.2) is 36.2 Å². The third-order valence-corrected chi connectivity index (χ3v) is 7.68. The SMILES string of the molecule is Cc1ccc(C(c2ccc(N(C)N)c(N)c2C)C(C)(C)C(=O)O)cc1CN1CCOc2ccc(F)cc2C1. The number of nitrogens with zero attached hydrogens (tertiary/aromatic N) is 2. The highest BCUT2D eigenvalue weighted by Gasteiger charge is 2.40. The molecular weight excluding hydrogens is 483 g/mol. The van der Waals surface area contributed by atoms with E-state index in [9.17, 15) is 14.3 Å². The molecule has 5 N–H and O–H groups in total. The predicted octanol–water partition coefficient (Wildman–Crippen LogP) is 4.97. The summed E-state index contributed by atoms with van der Waals surface area (Å²) in [4.78, 5) is 14.7. The number of aryl methyl sites for hydroxylation is 1. The van der Waals surface area contributed by atoms with E-state index in [1.807, 2.05) is 38.1 Å². The number of aliphatic carboxylic acids is 1. The van der Waals surface area contributed by atoms with Crippen LogP contribution in [-0.2, 0) is 17.9 Å². The Bertz CT molecular complexity index is 1360. The molecule has 7 nitrogen and oxygen atoms in total. The Balaban J connectivity index is 1.75. The van der Waals surface area contributed by atoms with Crippen LogP contribution in [0.3, 0.4) is 0 Å². The van der Waals surface area contributed by atoms with Gasteiger partial charge in [0.25, 0.3) is 0 Å². The molecule has 1 aliphatic heterocycles.